The SMILES string of the molecule is Cc1c(C(=O)N2CCSC2=S)ccc(C(=O)N2CCSC2=S)c1C. The van der Waals surface area contributed by atoms with E-state index in [0.29, 0.717) is 32.9 Å². The highest BCUT2D eigenvalue weighted by Crippen LogP contribution is 2.27. The molecule has 2 heterocycles. The molecule has 0 atom stereocenters. The maximum Gasteiger partial charge on any atom is 0.259 e. The van der Waals surface area contributed by atoms with Crippen molar-refractivity contribution in [2.45, 2.75) is 13.8 Å². The van der Waals surface area contributed by atoms with Crippen molar-refractivity contribution in [1.29, 1.82) is 0 Å². The predicted octanol–water partition coefficient (Wildman–Crippen LogP) is 3.25. The second-order valence-electron chi connectivity index (χ2n) is 5.55. The van der Waals surface area contributed by atoms with Crippen LogP contribution in [0, 0.1) is 13.8 Å². The highest BCUT2D eigenvalue weighted by molar-refractivity contribution is 8.23. The monoisotopic (exact) mass is 396 g/mol. The predicted molar refractivity (Wildman–Crippen MR) is 108 cm³/mol. The number of carbonyl (C=O) groups excluding carboxylic acids is 2. The Balaban J connectivity index is 1.91. The van der Waals surface area contributed by atoms with Crippen LogP contribution < -0.4 is 0 Å². The molecule has 3 rings (SSSR count). The summed E-state index contributed by atoms with van der Waals surface area (Å²) in [5, 5.41) is 0. The molecule has 2 aliphatic rings. The summed E-state index contributed by atoms with van der Waals surface area (Å²) in [6, 6.07) is 3.46. The van der Waals surface area contributed by atoms with Gasteiger partial charge in [0.1, 0.15) is 8.64 Å². The fourth-order valence-corrected chi connectivity index (χ4v) is 5.14. The van der Waals surface area contributed by atoms with Gasteiger partial charge in [-0.1, -0.05) is 48.0 Å². The summed E-state index contributed by atoms with van der Waals surface area (Å²) in [7, 11) is 0. The Bertz CT molecular complexity index is 700. The van der Waals surface area contributed by atoms with Crippen LogP contribution in [0.3, 0.4) is 0 Å². The molecule has 0 spiro atoms. The number of carbonyl (C=O) groups is 2. The summed E-state index contributed by atoms with van der Waals surface area (Å²) in [6.07, 6.45) is 0. The van der Waals surface area contributed by atoms with Crippen LogP contribution in [0.25, 0.3) is 0 Å². The van der Waals surface area contributed by atoms with Crippen molar-refractivity contribution in [1.82, 2.24) is 9.80 Å². The Labute approximate surface area is 160 Å². The van der Waals surface area contributed by atoms with Crippen LogP contribution in [0.2, 0.25) is 0 Å². The van der Waals surface area contributed by atoms with Gasteiger partial charge < -0.3 is 0 Å². The van der Waals surface area contributed by atoms with E-state index in [2.05, 4.69) is 0 Å². The molecule has 2 saturated heterocycles. The van der Waals surface area contributed by atoms with E-state index in [4.69, 9.17) is 24.4 Å². The van der Waals surface area contributed by atoms with Gasteiger partial charge in [-0.15, -0.1) is 0 Å². The lowest BCUT2D eigenvalue weighted by atomic mass is 9.96. The van der Waals surface area contributed by atoms with Gasteiger partial charge in [0.2, 0.25) is 0 Å². The van der Waals surface area contributed by atoms with Crippen molar-refractivity contribution >= 4 is 68.4 Å². The fourth-order valence-electron chi connectivity index (χ4n) is 2.73. The van der Waals surface area contributed by atoms with Gasteiger partial charge in [0.15, 0.2) is 0 Å². The average molecular weight is 397 g/mol. The largest absolute Gasteiger partial charge is 0.293 e. The zero-order chi connectivity index (χ0) is 17.4. The molecule has 2 aliphatic heterocycles. The van der Waals surface area contributed by atoms with Crippen molar-refractivity contribution in [3.63, 3.8) is 0 Å². The zero-order valence-corrected chi connectivity index (χ0v) is 16.6. The molecule has 24 heavy (non-hydrogen) atoms. The van der Waals surface area contributed by atoms with Gasteiger partial charge in [0.25, 0.3) is 11.8 Å². The summed E-state index contributed by atoms with van der Waals surface area (Å²) >= 11 is 13.5. The number of rotatable bonds is 2. The average Bonchev–Trinajstić information content (AvgIpc) is 3.17. The van der Waals surface area contributed by atoms with Gasteiger partial charge in [-0.25, -0.2) is 0 Å². The Hall–Kier alpha value is -0.960. The Morgan fingerprint density at radius 3 is 1.54 bits per heavy atom. The van der Waals surface area contributed by atoms with Crippen molar-refractivity contribution in [2.75, 3.05) is 24.6 Å². The lowest BCUT2D eigenvalue weighted by Gasteiger charge is -2.20. The van der Waals surface area contributed by atoms with E-state index < -0.39 is 0 Å². The van der Waals surface area contributed by atoms with Crippen LogP contribution in [0.1, 0.15) is 31.8 Å². The molecule has 0 aromatic heterocycles. The highest BCUT2D eigenvalue weighted by atomic mass is 32.2. The van der Waals surface area contributed by atoms with Gasteiger partial charge in [-0.05, 0) is 37.1 Å². The summed E-state index contributed by atoms with van der Waals surface area (Å²) in [5.41, 5.74) is 2.85. The molecule has 0 N–H and O–H groups in total. The van der Waals surface area contributed by atoms with Crippen LogP contribution in [0.5, 0.6) is 0 Å². The molecule has 1 aromatic rings. The number of hydrogen-bond acceptors (Lipinski definition) is 6. The minimum atomic E-state index is -0.0863. The van der Waals surface area contributed by atoms with Crippen LogP contribution in [-0.2, 0) is 0 Å². The summed E-state index contributed by atoms with van der Waals surface area (Å²) in [6.45, 7) is 5.03. The molecule has 126 valence electrons. The first kappa shape index (κ1) is 17.8. The van der Waals surface area contributed by atoms with E-state index >= 15 is 0 Å². The standard InChI is InChI=1S/C16H16N2O2S4/c1-9-10(2)12(14(20)18-6-8-24-16(18)22)4-3-11(9)13(19)17-5-7-23-15(17)21/h3-4H,5-8H2,1-2H3. The van der Waals surface area contributed by atoms with E-state index in [1.165, 1.54) is 23.5 Å². The number of nitrogens with zero attached hydrogens (tertiary/aromatic N) is 2. The van der Waals surface area contributed by atoms with E-state index in [1.807, 2.05) is 13.8 Å². The third-order valence-corrected chi connectivity index (χ3v) is 7.12. The first-order valence-electron chi connectivity index (χ1n) is 7.49. The number of benzene rings is 1. The second kappa shape index (κ2) is 7.11. The van der Waals surface area contributed by atoms with Crippen LogP contribution >= 0.6 is 48.0 Å². The lowest BCUT2D eigenvalue weighted by Crippen LogP contribution is -2.33. The third kappa shape index (κ3) is 3.12. The highest BCUT2D eigenvalue weighted by Gasteiger charge is 2.29. The molecule has 0 radical (unpaired) electrons. The van der Waals surface area contributed by atoms with Gasteiger partial charge in [0, 0.05) is 35.7 Å². The molecule has 2 fully saturated rings. The van der Waals surface area contributed by atoms with E-state index in [1.54, 1.807) is 21.9 Å². The first-order chi connectivity index (χ1) is 11.4. The maximum atomic E-state index is 12.7. The number of amides is 2. The summed E-state index contributed by atoms with van der Waals surface area (Å²) in [5.74, 6) is 1.50. The van der Waals surface area contributed by atoms with Gasteiger partial charge in [-0.3, -0.25) is 19.4 Å². The quantitative estimate of drug-likeness (QED) is 0.715. The van der Waals surface area contributed by atoms with Crippen molar-refractivity contribution in [3.05, 3.63) is 34.4 Å². The molecule has 8 heteroatoms. The third-order valence-electron chi connectivity index (χ3n) is 4.26. The van der Waals surface area contributed by atoms with Crippen LogP contribution in [0.4, 0.5) is 0 Å². The van der Waals surface area contributed by atoms with Crippen molar-refractivity contribution in [3.8, 4) is 0 Å². The first-order valence-corrected chi connectivity index (χ1v) is 10.3. The van der Waals surface area contributed by atoms with E-state index in [-0.39, 0.29) is 11.8 Å². The van der Waals surface area contributed by atoms with Crippen LogP contribution in [0.15, 0.2) is 12.1 Å². The van der Waals surface area contributed by atoms with Gasteiger partial charge in [-0.2, -0.15) is 0 Å². The lowest BCUT2D eigenvalue weighted by molar-refractivity contribution is 0.0848. The Morgan fingerprint density at radius 1 is 0.875 bits per heavy atom. The second-order valence-corrected chi connectivity index (χ2v) is 9.01. The van der Waals surface area contributed by atoms with Crippen LogP contribution in [-0.4, -0.2) is 54.9 Å². The summed E-state index contributed by atoms with van der Waals surface area (Å²) in [4.78, 5) is 28.7. The fraction of sp³-hybridized carbons (Fsp3) is 0.375. The molecule has 0 saturated carbocycles. The molecule has 0 bridgehead atoms. The smallest absolute Gasteiger partial charge is 0.259 e. The van der Waals surface area contributed by atoms with E-state index in [0.717, 1.165) is 22.6 Å². The number of thioether (sulfide) groups is 2. The molecule has 0 aliphatic carbocycles. The molecule has 1 aromatic carbocycles. The van der Waals surface area contributed by atoms with E-state index in [9.17, 15) is 9.59 Å². The summed E-state index contributed by atoms with van der Waals surface area (Å²) < 4.78 is 1.24. The number of thiocarbonyl (C=S) groups is 2. The van der Waals surface area contributed by atoms with Crippen molar-refractivity contribution in [2.24, 2.45) is 0 Å². The van der Waals surface area contributed by atoms with Gasteiger partial charge >= 0.3 is 0 Å². The molecule has 2 amide bonds. The minimum absolute atomic E-state index is 0.0863. The minimum Gasteiger partial charge on any atom is -0.293 e. The van der Waals surface area contributed by atoms with Gasteiger partial charge in [0.05, 0.1) is 0 Å². The normalized spacial score (nSPS) is 17.8. The maximum absolute atomic E-state index is 12.7. The Kier molecular flexibility index (Phi) is 5.29. The number of hydrogen-bond donors (Lipinski definition) is 0. The molecular formula is C16H16N2O2S4. The topological polar surface area (TPSA) is 40.6 Å². The molecule has 0 unspecified atom stereocenters. The Morgan fingerprint density at radius 2 is 1.25 bits per heavy atom. The zero-order valence-electron chi connectivity index (χ0n) is 13.3. The van der Waals surface area contributed by atoms with Crippen molar-refractivity contribution < 1.29 is 9.59 Å². The molecule has 4 nitrogen and oxygen atoms in total. The molecular weight excluding hydrogens is 380 g/mol.